The number of nitrogens with one attached hydrogen (secondary N) is 1. The van der Waals surface area contributed by atoms with Gasteiger partial charge in [-0.25, -0.2) is 4.98 Å². The van der Waals surface area contributed by atoms with E-state index in [9.17, 15) is 9.59 Å². The molecule has 0 saturated heterocycles. The summed E-state index contributed by atoms with van der Waals surface area (Å²) in [6.45, 7) is 2.06. The van der Waals surface area contributed by atoms with Gasteiger partial charge in [-0.1, -0.05) is 18.2 Å². The molecule has 1 aliphatic rings. The molecule has 154 valence electrons. The van der Waals surface area contributed by atoms with E-state index < -0.39 is 5.92 Å². The number of aryl methyl sites for hydroxylation is 1. The molecule has 1 aromatic heterocycles. The van der Waals surface area contributed by atoms with Crippen LogP contribution in [-0.2, 0) is 4.79 Å². The summed E-state index contributed by atoms with van der Waals surface area (Å²) in [5.74, 6) is -0.569. The van der Waals surface area contributed by atoms with Gasteiger partial charge in [0, 0.05) is 29.2 Å². The van der Waals surface area contributed by atoms with E-state index in [0.29, 0.717) is 27.9 Å². The van der Waals surface area contributed by atoms with E-state index in [0.717, 1.165) is 11.4 Å². The van der Waals surface area contributed by atoms with Gasteiger partial charge in [-0.2, -0.15) is 0 Å². The van der Waals surface area contributed by atoms with Crippen LogP contribution in [-0.4, -0.2) is 37.4 Å². The SMILES string of the molecule is COc1cc2c(cc1OC)N(c1ccccc1)CC(C(=O)Nc1nc(C)cs1)C2=O. The Kier molecular flexibility index (Phi) is 5.41. The van der Waals surface area contributed by atoms with Crippen molar-refractivity contribution in [1.29, 1.82) is 0 Å². The zero-order valence-corrected chi connectivity index (χ0v) is 17.7. The fourth-order valence-corrected chi connectivity index (χ4v) is 4.19. The Balaban J connectivity index is 1.77. The molecule has 30 heavy (non-hydrogen) atoms. The normalized spacial score (nSPS) is 15.5. The van der Waals surface area contributed by atoms with Crippen molar-refractivity contribution in [2.45, 2.75) is 6.92 Å². The zero-order valence-electron chi connectivity index (χ0n) is 16.8. The summed E-state index contributed by atoms with van der Waals surface area (Å²) in [4.78, 5) is 32.5. The molecule has 0 saturated carbocycles. The first-order valence-corrected chi connectivity index (χ1v) is 10.3. The standard InChI is InChI=1S/C22H21N3O4S/c1-13-12-30-22(23-13)24-21(27)16-11-25(14-7-5-4-6-8-14)17-10-19(29-3)18(28-2)9-15(17)20(16)26/h4-10,12,16H,11H2,1-3H3,(H,23,24,27). The van der Waals surface area contributed by atoms with Crippen LogP contribution in [0.5, 0.6) is 11.5 Å². The van der Waals surface area contributed by atoms with E-state index >= 15 is 0 Å². The van der Waals surface area contributed by atoms with Gasteiger partial charge < -0.3 is 19.7 Å². The summed E-state index contributed by atoms with van der Waals surface area (Å²) in [7, 11) is 3.06. The van der Waals surface area contributed by atoms with Crippen LogP contribution in [0.15, 0.2) is 47.8 Å². The minimum atomic E-state index is -0.889. The maximum absolute atomic E-state index is 13.3. The fraction of sp³-hybridized carbons (Fsp3) is 0.227. The maximum Gasteiger partial charge on any atom is 0.238 e. The molecule has 7 nitrogen and oxygen atoms in total. The number of para-hydroxylation sites is 1. The van der Waals surface area contributed by atoms with Gasteiger partial charge in [0.05, 0.1) is 25.6 Å². The van der Waals surface area contributed by atoms with Gasteiger partial charge in [0.1, 0.15) is 5.92 Å². The average Bonchev–Trinajstić information content (AvgIpc) is 3.18. The first-order chi connectivity index (χ1) is 14.5. The van der Waals surface area contributed by atoms with Crippen molar-refractivity contribution in [3.8, 4) is 11.5 Å². The van der Waals surface area contributed by atoms with Crippen molar-refractivity contribution in [1.82, 2.24) is 4.98 Å². The van der Waals surface area contributed by atoms with Crippen LogP contribution < -0.4 is 19.7 Å². The lowest BCUT2D eigenvalue weighted by atomic mass is 9.89. The van der Waals surface area contributed by atoms with E-state index in [2.05, 4.69) is 10.3 Å². The molecule has 4 rings (SSSR count). The zero-order chi connectivity index (χ0) is 21.3. The highest BCUT2D eigenvalue weighted by Gasteiger charge is 2.38. The second kappa shape index (κ2) is 8.16. The summed E-state index contributed by atoms with van der Waals surface area (Å²) >= 11 is 1.33. The van der Waals surface area contributed by atoms with Crippen LogP contribution in [0.4, 0.5) is 16.5 Å². The third kappa shape index (κ3) is 3.61. The van der Waals surface area contributed by atoms with Gasteiger partial charge in [-0.15, -0.1) is 11.3 Å². The summed E-state index contributed by atoms with van der Waals surface area (Å²) < 4.78 is 10.8. The van der Waals surface area contributed by atoms with E-state index in [-0.39, 0.29) is 18.2 Å². The Morgan fingerprint density at radius 2 is 1.87 bits per heavy atom. The van der Waals surface area contributed by atoms with Gasteiger partial charge >= 0.3 is 0 Å². The van der Waals surface area contributed by atoms with Gasteiger partial charge in [-0.3, -0.25) is 9.59 Å². The van der Waals surface area contributed by atoms with Gasteiger partial charge in [-0.05, 0) is 25.1 Å². The largest absolute Gasteiger partial charge is 0.493 e. The third-order valence-corrected chi connectivity index (χ3v) is 5.85. The van der Waals surface area contributed by atoms with E-state index in [1.807, 2.05) is 47.5 Å². The number of nitrogens with zero attached hydrogens (tertiary/aromatic N) is 2. The number of methoxy groups -OCH3 is 2. The molecule has 8 heteroatoms. The van der Waals surface area contributed by atoms with E-state index in [1.54, 1.807) is 19.2 Å². The smallest absolute Gasteiger partial charge is 0.238 e. The molecular formula is C22H21N3O4S. The summed E-state index contributed by atoms with van der Waals surface area (Å²) in [6, 6.07) is 13.0. The molecule has 0 radical (unpaired) electrons. The highest BCUT2D eigenvalue weighted by molar-refractivity contribution is 7.13. The monoisotopic (exact) mass is 423 g/mol. The molecule has 0 fully saturated rings. The van der Waals surface area contributed by atoms with Gasteiger partial charge in [0.2, 0.25) is 5.91 Å². The number of fused-ring (bicyclic) bond motifs is 1. The molecule has 1 amide bonds. The summed E-state index contributed by atoms with van der Waals surface area (Å²) in [6.07, 6.45) is 0. The van der Waals surface area contributed by atoms with Crippen molar-refractivity contribution < 1.29 is 19.1 Å². The maximum atomic E-state index is 13.3. The number of Topliss-reactive ketones (excluding diaryl/α,β-unsaturated/α-hetero) is 1. The lowest BCUT2D eigenvalue weighted by Gasteiger charge is -2.35. The van der Waals surface area contributed by atoms with Crippen molar-refractivity contribution in [2.24, 2.45) is 5.92 Å². The predicted molar refractivity (Wildman–Crippen MR) is 116 cm³/mol. The van der Waals surface area contributed by atoms with Gasteiger partial charge in [0.15, 0.2) is 22.4 Å². The Morgan fingerprint density at radius 1 is 1.17 bits per heavy atom. The quantitative estimate of drug-likeness (QED) is 0.624. The number of benzene rings is 2. The average molecular weight is 423 g/mol. The van der Waals surface area contributed by atoms with Crippen LogP contribution in [0.25, 0.3) is 0 Å². The number of carbonyl (C=O) groups is 2. The number of ketones is 1. The van der Waals surface area contributed by atoms with Crippen molar-refractivity contribution >= 4 is 39.5 Å². The Morgan fingerprint density at radius 3 is 2.50 bits per heavy atom. The molecule has 3 aromatic rings. The molecule has 1 N–H and O–H groups in total. The number of hydrogen-bond donors (Lipinski definition) is 1. The number of hydrogen-bond acceptors (Lipinski definition) is 7. The van der Waals surface area contributed by atoms with Crippen LogP contribution in [0, 0.1) is 12.8 Å². The Bertz CT molecular complexity index is 1100. The topological polar surface area (TPSA) is 80.8 Å². The van der Waals surface area contributed by atoms with Crippen LogP contribution in [0.2, 0.25) is 0 Å². The number of carbonyl (C=O) groups excluding carboxylic acids is 2. The number of rotatable bonds is 5. The molecule has 1 aliphatic heterocycles. The van der Waals surface area contributed by atoms with Crippen LogP contribution >= 0.6 is 11.3 Å². The molecule has 0 aliphatic carbocycles. The first-order valence-electron chi connectivity index (χ1n) is 9.37. The summed E-state index contributed by atoms with van der Waals surface area (Å²) in [5, 5.41) is 5.11. The highest BCUT2D eigenvalue weighted by Crippen LogP contribution is 2.42. The minimum absolute atomic E-state index is 0.210. The minimum Gasteiger partial charge on any atom is -0.493 e. The van der Waals surface area contributed by atoms with Crippen molar-refractivity contribution in [3.63, 3.8) is 0 Å². The molecule has 1 atom stereocenters. The van der Waals surface area contributed by atoms with Crippen molar-refractivity contribution in [3.05, 3.63) is 59.1 Å². The van der Waals surface area contributed by atoms with E-state index in [4.69, 9.17) is 9.47 Å². The molecule has 0 bridgehead atoms. The van der Waals surface area contributed by atoms with E-state index in [1.165, 1.54) is 18.4 Å². The highest BCUT2D eigenvalue weighted by atomic mass is 32.1. The molecule has 2 aromatic carbocycles. The fourth-order valence-electron chi connectivity index (χ4n) is 3.50. The van der Waals surface area contributed by atoms with Gasteiger partial charge in [0.25, 0.3) is 0 Å². The molecule has 0 spiro atoms. The number of ether oxygens (including phenoxy) is 2. The van der Waals surface area contributed by atoms with Crippen molar-refractivity contribution in [2.75, 3.05) is 31.0 Å². The molecular weight excluding hydrogens is 402 g/mol. The second-order valence-electron chi connectivity index (χ2n) is 6.87. The van der Waals surface area contributed by atoms with Crippen LogP contribution in [0.1, 0.15) is 16.1 Å². The summed E-state index contributed by atoms with van der Waals surface area (Å²) in [5.41, 5.74) is 2.79. The lowest BCUT2D eigenvalue weighted by molar-refractivity contribution is -0.118. The molecule has 1 unspecified atom stereocenters. The first kappa shape index (κ1) is 19.9. The Hall–Kier alpha value is -3.39. The number of amides is 1. The number of anilines is 3. The second-order valence-corrected chi connectivity index (χ2v) is 7.73. The number of thiazole rings is 1. The number of aromatic nitrogens is 1. The predicted octanol–water partition coefficient (Wildman–Crippen LogP) is 4.06. The van der Waals surface area contributed by atoms with Crippen LogP contribution in [0.3, 0.4) is 0 Å². The lowest BCUT2D eigenvalue weighted by Crippen LogP contribution is -2.43. The Labute approximate surface area is 178 Å². The third-order valence-electron chi connectivity index (χ3n) is 4.97. The molecule has 2 heterocycles.